The predicted molar refractivity (Wildman–Crippen MR) is 127 cm³/mol. The van der Waals surface area contributed by atoms with Crippen LogP contribution in [0.25, 0.3) is 11.1 Å². The first-order valence-electron chi connectivity index (χ1n) is 11.9. The lowest BCUT2D eigenvalue weighted by atomic mass is 9.79. The number of nitrogens with zero attached hydrogens (tertiary/aromatic N) is 2. The summed E-state index contributed by atoms with van der Waals surface area (Å²) < 4.78 is 11.7. The monoisotopic (exact) mass is 456 g/mol. The zero-order valence-corrected chi connectivity index (χ0v) is 19.2. The van der Waals surface area contributed by atoms with E-state index in [1.807, 2.05) is 49.4 Å². The number of hydrogen-bond acceptors (Lipinski definition) is 5. The molecule has 6 rings (SSSR count). The van der Waals surface area contributed by atoms with E-state index in [-0.39, 0.29) is 30.7 Å². The lowest BCUT2D eigenvalue weighted by molar-refractivity contribution is -0.138. The summed E-state index contributed by atoms with van der Waals surface area (Å²) in [5, 5.41) is 11.5. The average molecular weight is 457 g/mol. The lowest BCUT2D eigenvalue weighted by Gasteiger charge is -2.50. The van der Waals surface area contributed by atoms with Crippen LogP contribution in [-0.2, 0) is 15.1 Å². The van der Waals surface area contributed by atoms with Crippen molar-refractivity contribution in [2.75, 3.05) is 19.8 Å². The van der Waals surface area contributed by atoms with Gasteiger partial charge in [0, 0.05) is 24.5 Å². The van der Waals surface area contributed by atoms with Gasteiger partial charge in [-0.15, -0.1) is 0 Å². The minimum Gasteiger partial charge on any atom is -0.448 e. The fourth-order valence-electron chi connectivity index (χ4n) is 5.95. The van der Waals surface area contributed by atoms with Gasteiger partial charge in [-0.05, 0) is 41.3 Å². The van der Waals surface area contributed by atoms with Crippen LogP contribution in [0.1, 0.15) is 41.3 Å². The Labute approximate surface area is 199 Å². The first-order valence-corrected chi connectivity index (χ1v) is 11.9. The number of fused-ring (bicyclic) bond motifs is 5. The minimum absolute atomic E-state index is 0.0191. The molecule has 3 aromatic rings. The standard InChI is InChI=1S/C28H28N2O4/c1-18-7-6-12-26(29-18)28(32)13-19-15-33-16-20(14-28)30(19)27(31)34-17-25-23-10-4-2-8-21(23)22-9-3-5-11-24(22)25/h2-12,19-20,25,32H,13-17H2,1H3. The van der Waals surface area contributed by atoms with Gasteiger partial charge in [0.1, 0.15) is 12.2 Å². The van der Waals surface area contributed by atoms with Gasteiger partial charge in [0.15, 0.2) is 0 Å². The summed E-state index contributed by atoms with van der Waals surface area (Å²) in [6.07, 6.45) is 0.424. The van der Waals surface area contributed by atoms with Gasteiger partial charge < -0.3 is 14.6 Å². The Hall–Kier alpha value is -3.22. The molecular formula is C28H28N2O4. The highest BCUT2D eigenvalue weighted by atomic mass is 16.6. The van der Waals surface area contributed by atoms with Crippen LogP contribution < -0.4 is 0 Å². The molecule has 1 N–H and O–H groups in total. The number of morpholine rings is 1. The van der Waals surface area contributed by atoms with Crippen LogP contribution in [0.5, 0.6) is 0 Å². The molecule has 0 radical (unpaired) electrons. The van der Waals surface area contributed by atoms with Crippen molar-refractivity contribution in [3.05, 3.63) is 89.2 Å². The molecule has 2 aliphatic heterocycles. The Bertz CT molecular complexity index is 1180. The predicted octanol–water partition coefficient (Wildman–Crippen LogP) is 4.39. The number of carbonyl (C=O) groups is 1. The third-order valence-electron chi connectivity index (χ3n) is 7.47. The number of aliphatic hydroxyl groups is 1. The fraction of sp³-hybridized carbons (Fsp3) is 0.357. The molecule has 3 aliphatic rings. The van der Waals surface area contributed by atoms with Gasteiger partial charge >= 0.3 is 6.09 Å². The van der Waals surface area contributed by atoms with E-state index in [0.717, 1.165) is 5.69 Å². The first kappa shape index (κ1) is 21.3. The van der Waals surface area contributed by atoms with Crippen molar-refractivity contribution in [1.29, 1.82) is 0 Å². The maximum Gasteiger partial charge on any atom is 0.410 e. The summed E-state index contributed by atoms with van der Waals surface area (Å²) >= 11 is 0. The fourth-order valence-corrected chi connectivity index (χ4v) is 5.95. The molecule has 174 valence electrons. The van der Waals surface area contributed by atoms with Crippen molar-refractivity contribution in [2.24, 2.45) is 0 Å². The van der Waals surface area contributed by atoms with Crippen molar-refractivity contribution < 1.29 is 19.4 Å². The van der Waals surface area contributed by atoms with Gasteiger partial charge in [-0.2, -0.15) is 0 Å². The van der Waals surface area contributed by atoms with Crippen LogP contribution in [0.4, 0.5) is 4.79 Å². The first-order chi connectivity index (χ1) is 16.5. The van der Waals surface area contributed by atoms with E-state index in [4.69, 9.17) is 9.47 Å². The van der Waals surface area contributed by atoms with Crippen molar-refractivity contribution in [1.82, 2.24) is 9.88 Å². The highest BCUT2D eigenvalue weighted by Crippen LogP contribution is 2.45. The molecule has 1 aliphatic carbocycles. The Morgan fingerprint density at radius 1 is 1.00 bits per heavy atom. The largest absolute Gasteiger partial charge is 0.448 e. The molecule has 1 amide bonds. The number of piperidine rings is 1. The number of aryl methyl sites for hydroxylation is 1. The Kier molecular flexibility index (Phi) is 5.15. The van der Waals surface area contributed by atoms with Crippen molar-refractivity contribution in [3.8, 4) is 11.1 Å². The molecule has 3 heterocycles. The van der Waals surface area contributed by atoms with Crippen LogP contribution in [0.15, 0.2) is 66.7 Å². The second-order valence-corrected chi connectivity index (χ2v) is 9.66. The summed E-state index contributed by atoms with van der Waals surface area (Å²) in [6.45, 7) is 2.97. The highest BCUT2D eigenvalue weighted by Gasteiger charge is 2.50. The van der Waals surface area contributed by atoms with Gasteiger partial charge in [0.25, 0.3) is 0 Å². The summed E-state index contributed by atoms with van der Waals surface area (Å²) in [5.41, 5.74) is 5.25. The summed E-state index contributed by atoms with van der Waals surface area (Å²) in [4.78, 5) is 19.7. The molecule has 2 bridgehead atoms. The Morgan fingerprint density at radius 2 is 1.62 bits per heavy atom. The normalized spacial score (nSPS) is 25.5. The molecule has 34 heavy (non-hydrogen) atoms. The van der Waals surface area contributed by atoms with Crippen LogP contribution in [-0.4, -0.2) is 53.0 Å². The van der Waals surface area contributed by atoms with Crippen LogP contribution in [0.3, 0.4) is 0 Å². The number of benzene rings is 2. The van der Waals surface area contributed by atoms with Gasteiger partial charge in [0.05, 0.1) is 31.0 Å². The highest BCUT2D eigenvalue weighted by molar-refractivity contribution is 5.79. The molecule has 0 spiro atoms. The number of hydrogen-bond donors (Lipinski definition) is 1. The zero-order valence-electron chi connectivity index (χ0n) is 19.2. The van der Waals surface area contributed by atoms with E-state index in [0.29, 0.717) is 31.7 Å². The van der Waals surface area contributed by atoms with E-state index in [9.17, 15) is 9.90 Å². The third-order valence-corrected chi connectivity index (χ3v) is 7.47. The average Bonchev–Trinajstić information content (AvgIpc) is 3.16. The van der Waals surface area contributed by atoms with Crippen LogP contribution in [0.2, 0.25) is 0 Å². The number of amides is 1. The molecule has 2 saturated heterocycles. The second kappa shape index (κ2) is 8.22. The number of ether oxygens (including phenoxy) is 2. The topological polar surface area (TPSA) is 71.9 Å². The van der Waals surface area contributed by atoms with E-state index in [1.165, 1.54) is 22.3 Å². The maximum absolute atomic E-state index is 13.3. The van der Waals surface area contributed by atoms with Crippen molar-refractivity contribution >= 4 is 6.09 Å². The SMILES string of the molecule is Cc1cccc(C2(O)CC3COCC(C2)N3C(=O)OCC2c3ccccc3-c3ccccc32)n1. The van der Waals surface area contributed by atoms with Crippen LogP contribution >= 0.6 is 0 Å². The minimum atomic E-state index is -1.08. The number of pyridine rings is 1. The summed E-state index contributed by atoms with van der Waals surface area (Å²) in [5.74, 6) is 0.0191. The van der Waals surface area contributed by atoms with Gasteiger partial charge in [0.2, 0.25) is 0 Å². The third kappa shape index (κ3) is 3.49. The zero-order chi connectivity index (χ0) is 23.3. The van der Waals surface area contributed by atoms with E-state index in [1.54, 1.807) is 4.90 Å². The maximum atomic E-state index is 13.3. The summed E-state index contributed by atoms with van der Waals surface area (Å²) in [7, 11) is 0. The van der Waals surface area contributed by atoms with Crippen LogP contribution in [0, 0.1) is 6.92 Å². The lowest BCUT2D eigenvalue weighted by Crippen LogP contribution is -2.62. The van der Waals surface area contributed by atoms with Gasteiger partial charge in [-0.1, -0.05) is 54.6 Å². The number of carbonyl (C=O) groups excluding carboxylic acids is 1. The second-order valence-electron chi connectivity index (χ2n) is 9.66. The van der Waals surface area contributed by atoms with Gasteiger partial charge in [-0.3, -0.25) is 9.88 Å². The molecule has 0 saturated carbocycles. The summed E-state index contributed by atoms with van der Waals surface area (Å²) in [6, 6.07) is 21.8. The Balaban J connectivity index is 1.21. The molecular weight excluding hydrogens is 428 g/mol. The number of rotatable bonds is 3. The molecule has 2 fully saturated rings. The van der Waals surface area contributed by atoms with E-state index in [2.05, 4.69) is 29.2 Å². The molecule has 6 heteroatoms. The molecule has 2 atom stereocenters. The quantitative estimate of drug-likeness (QED) is 0.633. The van der Waals surface area contributed by atoms with E-state index < -0.39 is 5.60 Å². The van der Waals surface area contributed by atoms with E-state index >= 15 is 0 Å². The molecule has 1 aromatic heterocycles. The molecule has 2 aromatic carbocycles. The Morgan fingerprint density at radius 3 is 2.24 bits per heavy atom. The van der Waals surface area contributed by atoms with Crippen molar-refractivity contribution in [3.63, 3.8) is 0 Å². The molecule has 2 unspecified atom stereocenters. The smallest absolute Gasteiger partial charge is 0.410 e. The molecule has 6 nitrogen and oxygen atoms in total. The van der Waals surface area contributed by atoms with Crippen molar-refractivity contribution in [2.45, 2.75) is 43.4 Å². The number of aromatic nitrogens is 1. The van der Waals surface area contributed by atoms with Gasteiger partial charge in [-0.25, -0.2) is 4.79 Å².